The third-order valence-corrected chi connectivity index (χ3v) is 2.81. The second-order valence-corrected chi connectivity index (χ2v) is 3.91. The van der Waals surface area contributed by atoms with Gasteiger partial charge >= 0.3 is 0 Å². The van der Waals surface area contributed by atoms with E-state index in [1.807, 2.05) is 37.3 Å². The third-order valence-electron chi connectivity index (χ3n) is 2.81. The Morgan fingerprint density at radius 2 is 2.06 bits per heavy atom. The van der Waals surface area contributed by atoms with Crippen molar-refractivity contribution >= 4 is 11.6 Å². The molecule has 4 heteroatoms. The van der Waals surface area contributed by atoms with Gasteiger partial charge in [0.05, 0.1) is 12.1 Å². The summed E-state index contributed by atoms with van der Waals surface area (Å²) in [6, 6.07) is 9.69. The fourth-order valence-corrected chi connectivity index (χ4v) is 1.67. The van der Waals surface area contributed by atoms with E-state index in [1.54, 1.807) is 11.9 Å². The number of rotatable bonds is 3. The summed E-state index contributed by atoms with van der Waals surface area (Å²) < 4.78 is 4.73. The quantitative estimate of drug-likeness (QED) is 0.813. The minimum Gasteiger partial charge on any atom is -0.363 e. The molecule has 2 rings (SSSR count). The average molecular weight is 230 g/mol. The standard InChI is InChI=1S/C13H14N2O2/c1-10(11-6-4-3-5-7-11)13(16)15(2)12-8-14-17-9-12/h3-10H,1-2H3. The number of benzene rings is 1. The predicted octanol–water partition coefficient (Wildman–Crippen LogP) is 2.44. The highest BCUT2D eigenvalue weighted by Crippen LogP contribution is 2.20. The van der Waals surface area contributed by atoms with Crippen LogP contribution in [0.1, 0.15) is 18.4 Å². The Labute approximate surface area is 99.8 Å². The lowest BCUT2D eigenvalue weighted by Crippen LogP contribution is -2.30. The first-order valence-electron chi connectivity index (χ1n) is 5.42. The van der Waals surface area contributed by atoms with Gasteiger partial charge in [0.15, 0.2) is 0 Å². The molecule has 0 spiro atoms. The van der Waals surface area contributed by atoms with Crippen molar-refractivity contribution in [3.05, 3.63) is 48.4 Å². The maximum atomic E-state index is 12.2. The average Bonchev–Trinajstić information content (AvgIpc) is 2.91. The van der Waals surface area contributed by atoms with Gasteiger partial charge in [-0.25, -0.2) is 0 Å². The zero-order chi connectivity index (χ0) is 12.3. The molecule has 4 nitrogen and oxygen atoms in total. The first-order chi connectivity index (χ1) is 8.20. The predicted molar refractivity (Wildman–Crippen MR) is 64.8 cm³/mol. The van der Waals surface area contributed by atoms with Crippen LogP contribution in [0.4, 0.5) is 5.69 Å². The lowest BCUT2D eigenvalue weighted by atomic mass is 10.00. The number of aromatic nitrogens is 1. The van der Waals surface area contributed by atoms with E-state index in [9.17, 15) is 4.79 Å². The summed E-state index contributed by atoms with van der Waals surface area (Å²) in [5, 5.41) is 3.59. The van der Waals surface area contributed by atoms with Crippen LogP contribution in [0.25, 0.3) is 0 Å². The summed E-state index contributed by atoms with van der Waals surface area (Å²) in [5.74, 6) is -0.171. The molecule has 0 bridgehead atoms. The summed E-state index contributed by atoms with van der Waals surface area (Å²) in [6.45, 7) is 1.89. The van der Waals surface area contributed by atoms with E-state index >= 15 is 0 Å². The summed E-state index contributed by atoms with van der Waals surface area (Å²) in [4.78, 5) is 13.7. The molecule has 1 amide bonds. The first kappa shape index (κ1) is 11.4. The van der Waals surface area contributed by atoms with Gasteiger partial charge in [-0.15, -0.1) is 0 Å². The topological polar surface area (TPSA) is 46.3 Å². The van der Waals surface area contributed by atoms with E-state index in [2.05, 4.69) is 5.16 Å². The molecule has 2 aromatic rings. The minimum atomic E-state index is -0.184. The van der Waals surface area contributed by atoms with Gasteiger partial charge in [0.25, 0.3) is 0 Å². The third kappa shape index (κ3) is 2.36. The molecule has 0 fully saturated rings. The minimum absolute atomic E-state index is 0.0133. The van der Waals surface area contributed by atoms with E-state index in [0.29, 0.717) is 5.69 Å². The molecule has 17 heavy (non-hydrogen) atoms. The van der Waals surface area contributed by atoms with Gasteiger partial charge in [0, 0.05) is 7.05 Å². The SMILES string of the molecule is CC(C(=O)N(C)c1cnoc1)c1ccccc1. The lowest BCUT2D eigenvalue weighted by Gasteiger charge is -2.19. The Morgan fingerprint density at radius 3 is 2.65 bits per heavy atom. The van der Waals surface area contributed by atoms with Crippen LogP contribution >= 0.6 is 0 Å². The van der Waals surface area contributed by atoms with Crippen LogP contribution in [0.2, 0.25) is 0 Å². The molecule has 1 aromatic heterocycles. The normalized spacial score (nSPS) is 12.1. The Kier molecular flexibility index (Phi) is 3.23. The van der Waals surface area contributed by atoms with E-state index in [0.717, 1.165) is 5.56 Å². The van der Waals surface area contributed by atoms with Crippen molar-refractivity contribution in [2.75, 3.05) is 11.9 Å². The molecule has 0 saturated carbocycles. The molecule has 1 atom stereocenters. The van der Waals surface area contributed by atoms with Crippen molar-refractivity contribution in [2.45, 2.75) is 12.8 Å². The highest BCUT2D eigenvalue weighted by Gasteiger charge is 2.20. The van der Waals surface area contributed by atoms with Crippen molar-refractivity contribution in [3.63, 3.8) is 0 Å². The number of hydrogen-bond acceptors (Lipinski definition) is 3. The van der Waals surface area contributed by atoms with E-state index in [1.165, 1.54) is 12.5 Å². The summed E-state index contributed by atoms with van der Waals surface area (Å²) in [6.07, 6.45) is 2.98. The molecule has 0 radical (unpaired) electrons. The number of anilines is 1. The zero-order valence-electron chi connectivity index (χ0n) is 9.83. The largest absolute Gasteiger partial charge is 0.363 e. The molecular weight excluding hydrogens is 216 g/mol. The Bertz CT molecular complexity index is 479. The van der Waals surface area contributed by atoms with Crippen LogP contribution in [-0.4, -0.2) is 18.1 Å². The van der Waals surface area contributed by atoms with Crippen molar-refractivity contribution in [3.8, 4) is 0 Å². The first-order valence-corrected chi connectivity index (χ1v) is 5.42. The number of carbonyl (C=O) groups excluding carboxylic acids is 1. The Hall–Kier alpha value is -2.10. The molecule has 1 heterocycles. The van der Waals surface area contributed by atoms with E-state index < -0.39 is 0 Å². The van der Waals surface area contributed by atoms with Gasteiger partial charge in [-0.1, -0.05) is 35.5 Å². The lowest BCUT2D eigenvalue weighted by molar-refractivity contribution is -0.119. The maximum absolute atomic E-state index is 12.2. The van der Waals surface area contributed by atoms with Crippen molar-refractivity contribution < 1.29 is 9.32 Å². The summed E-state index contributed by atoms with van der Waals surface area (Å²) in [5.41, 5.74) is 1.67. The fourth-order valence-electron chi connectivity index (χ4n) is 1.67. The number of carbonyl (C=O) groups is 1. The second-order valence-electron chi connectivity index (χ2n) is 3.91. The smallest absolute Gasteiger partial charge is 0.234 e. The van der Waals surface area contributed by atoms with Crippen molar-refractivity contribution in [1.29, 1.82) is 0 Å². The molecule has 0 saturated heterocycles. The Balaban J connectivity index is 2.16. The van der Waals surface area contributed by atoms with Crippen LogP contribution in [-0.2, 0) is 4.79 Å². The molecule has 0 aliphatic rings. The van der Waals surface area contributed by atoms with Gasteiger partial charge in [0.1, 0.15) is 12.0 Å². The van der Waals surface area contributed by atoms with E-state index in [4.69, 9.17) is 4.52 Å². The summed E-state index contributed by atoms with van der Waals surface area (Å²) >= 11 is 0. The molecule has 1 aromatic carbocycles. The van der Waals surface area contributed by atoms with Crippen LogP contribution in [0.5, 0.6) is 0 Å². The number of hydrogen-bond donors (Lipinski definition) is 0. The van der Waals surface area contributed by atoms with Gasteiger partial charge in [-0.05, 0) is 12.5 Å². The zero-order valence-corrected chi connectivity index (χ0v) is 9.83. The summed E-state index contributed by atoms with van der Waals surface area (Å²) in [7, 11) is 1.72. The number of amides is 1. The van der Waals surface area contributed by atoms with Crippen LogP contribution < -0.4 is 4.90 Å². The van der Waals surface area contributed by atoms with Gasteiger partial charge in [0.2, 0.25) is 5.91 Å². The molecule has 88 valence electrons. The molecular formula is C13H14N2O2. The van der Waals surface area contributed by atoms with Crippen LogP contribution in [0.15, 0.2) is 47.3 Å². The molecule has 0 aliphatic heterocycles. The highest BCUT2D eigenvalue weighted by atomic mass is 16.5. The molecule has 1 unspecified atom stereocenters. The van der Waals surface area contributed by atoms with Gasteiger partial charge < -0.3 is 9.42 Å². The highest BCUT2D eigenvalue weighted by molar-refractivity contribution is 5.97. The second kappa shape index (κ2) is 4.82. The fraction of sp³-hybridized carbons (Fsp3) is 0.231. The maximum Gasteiger partial charge on any atom is 0.234 e. The molecule has 0 aliphatic carbocycles. The van der Waals surface area contributed by atoms with Crippen molar-refractivity contribution in [2.24, 2.45) is 0 Å². The number of likely N-dealkylation sites (N-methyl/N-ethyl adjacent to an activating group) is 1. The monoisotopic (exact) mass is 230 g/mol. The van der Waals surface area contributed by atoms with Gasteiger partial charge in [-0.3, -0.25) is 4.79 Å². The molecule has 0 N–H and O–H groups in total. The van der Waals surface area contributed by atoms with Crippen LogP contribution in [0.3, 0.4) is 0 Å². The van der Waals surface area contributed by atoms with Crippen molar-refractivity contribution in [1.82, 2.24) is 5.16 Å². The van der Waals surface area contributed by atoms with Crippen LogP contribution in [0, 0.1) is 0 Å². The van der Waals surface area contributed by atoms with Gasteiger partial charge in [-0.2, -0.15) is 0 Å². The Morgan fingerprint density at radius 1 is 1.35 bits per heavy atom. The van der Waals surface area contributed by atoms with E-state index in [-0.39, 0.29) is 11.8 Å². The number of nitrogens with zero attached hydrogens (tertiary/aromatic N) is 2.